The van der Waals surface area contributed by atoms with Gasteiger partial charge in [0, 0.05) is 90.5 Å². The molecule has 4 N–H and O–H groups in total. The minimum Gasteiger partial charge on any atom is -0.412 e. The average Bonchev–Trinajstić information content (AvgIpc) is 3.96. The summed E-state index contributed by atoms with van der Waals surface area (Å²) in [5.41, 5.74) is 1.35. The molecule has 4 fully saturated rings. The van der Waals surface area contributed by atoms with Gasteiger partial charge in [0.2, 0.25) is 11.8 Å². The van der Waals surface area contributed by atoms with Crippen molar-refractivity contribution in [3.05, 3.63) is 71.8 Å². The highest BCUT2D eigenvalue weighted by Crippen LogP contribution is 2.18. The first-order chi connectivity index (χ1) is 26.3. The molecule has 304 valence electrons. The largest absolute Gasteiger partial charge is 0.412 e. The third-order valence-electron chi connectivity index (χ3n) is 11.2. The number of rotatable bonds is 14. The Morgan fingerprint density at radius 3 is 1.29 bits per heavy atom. The number of carbonyl (C=O) groups is 4. The van der Waals surface area contributed by atoms with E-state index in [9.17, 15) is 19.2 Å². The molecule has 4 heterocycles. The predicted molar refractivity (Wildman–Crippen MR) is 213 cm³/mol. The summed E-state index contributed by atoms with van der Waals surface area (Å²) in [5.74, 6) is 0.487. The lowest BCUT2D eigenvalue weighted by atomic mass is 10.0. The van der Waals surface area contributed by atoms with Crippen molar-refractivity contribution in [2.24, 2.45) is 0 Å². The number of methoxy groups -OCH3 is 2. The molecule has 4 aliphatic heterocycles. The van der Waals surface area contributed by atoms with Gasteiger partial charge in [-0.05, 0) is 88.7 Å². The van der Waals surface area contributed by atoms with Gasteiger partial charge in [-0.1, -0.05) is 36.4 Å². The highest BCUT2D eigenvalue weighted by molar-refractivity contribution is 5.94. The van der Waals surface area contributed by atoms with E-state index in [2.05, 4.69) is 20.4 Å². The number of nitrogens with one attached hydrogen (secondary N) is 2. The first-order valence-corrected chi connectivity index (χ1v) is 20.1. The molecule has 13 heteroatoms. The van der Waals surface area contributed by atoms with E-state index in [-0.39, 0.29) is 41.6 Å². The van der Waals surface area contributed by atoms with Crippen molar-refractivity contribution in [3.8, 4) is 0 Å². The summed E-state index contributed by atoms with van der Waals surface area (Å²) in [6, 6.07) is 18.6. The van der Waals surface area contributed by atoms with Crippen LogP contribution in [-0.4, -0.2) is 153 Å². The third kappa shape index (κ3) is 13.7. The summed E-state index contributed by atoms with van der Waals surface area (Å²) in [7, 11) is 3.40. The first-order valence-electron chi connectivity index (χ1n) is 20.1. The molecule has 2 aromatic carbocycles. The maximum Gasteiger partial charge on any atom is 0.251 e. The Labute approximate surface area is 327 Å². The fourth-order valence-electron chi connectivity index (χ4n) is 8.01. The molecule has 0 radical (unpaired) electrons. The van der Waals surface area contributed by atoms with E-state index in [1.54, 1.807) is 14.2 Å². The normalized spacial score (nSPS) is 22.9. The molecule has 0 aromatic heterocycles. The van der Waals surface area contributed by atoms with Crippen molar-refractivity contribution in [3.63, 3.8) is 0 Å². The van der Waals surface area contributed by atoms with Gasteiger partial charge in [0.25, 0.3) is 11.8 Å². The summed E-state index contributed by atoms with van der Waals surface area (Å²) >= 11 is 0. The number of hydrogen-bond acceptors (Lipinski definition) is 8. The van der Waals surface area contributed by atoms with Gasteiger partial charge < -0.3 is 45.2 Å². The van der Waals surface area contributed by atoms with Crippen molar-refractivity contribution in [1.29, 1.82) is 0 Å². The molecule has 2 aromatic rings. The molecular weight excluding hydrogens is 700 g/mol. The van der Waals surface area contributed by atoms with Crippen LogP contribution < -0.4 is 10.6 Å². The predicted octanol–water partition coefficient (Wildman–Crippen LogP) is 2.99. The lowest BCUT2D eigenvalue weighted by molar-refractivity contribution is -0.131. The number of carbonyl (C=O) groups excluding carboxylic acids is 4. The second-order valence-electron chi connectivity index (χ2n) is 15.0. The Bertz CT molecular complexity index is 1350. The maximum absolute atomic E-state index is 12.4. The van der Waals surface area contributed by atoms with Gasteiger partial charge in [0.15, 0.2) is 0 Å². The quantitative estimate of drug-likeness (QED) is 0.298. The molecule has 4 saturated heterocycles. The van der Waals surface area contributed by atoms with Gasteiger partial charge in [0.05, 0.1) is 24.3 Å². The summed E-state index contributed by atoms with van der Waals surface area (Å²) in [6.45, 7) is 8.91. The molecule has 4 amide bonds. The van der Waals surface area contributed by atoms with Crippen LogP contribution in [0.1, 0.15) is 84.9 Å². The van der Waals surface area contributed by atoms with Gasteiger partial charge in [-0.25, -0.2) is 0 Å². The van der Waals surface area contributed by atoms with Gasteiger partial charge in [-0.2, -0.15) is 0 Å². The lowest BCUT2D eigenvalue weighted by Crippen LogP contribution is -2.54. The number of ether oxygens (including phenoxy) is 2. The molecule has 4 unspecified atom stereocenters. The highest BCUT2D eigenvalue weighted by Gasteiger charge is 2.32. The molecule has 13 nitrogen and oxygen atoms in total. The fraction of sp³-hybridized carbons (Fsp3) is 0.619. The van der Waals surface area contributed by atoms with Crippen LogP contribution >= 0.6 is 0 Å². The van der Waals surface area contributed by atoms with E-state index in [1.165, 1.54) is 0 Å². The Morgan fingerprint density at radius 2 is 0.945 bits per heavy atom. The second kappa shape index (κ2) is 23.2. The number of piperidine rings is 2. The molecular formula is C42H64N6O7. The van der Waals surface area contributed by atoms with E-state index >= 15 is 0 Å². The lowest BCUT2D eigenvalue weighted by Gasteiger charge is -2.38. The van der Waals surface area contributed by atoms with E-state index in [0.717, 1.165) is 117 Å². The zero-order chi connectivity index (χ0) is 38.1. The SMILES string of the molecule is COC1CN(CCCC(=O)N2CCCC2)CCC1NC(=O)c1ccccc1.COC1CN(CCCC(=O)N2CCCC2)CCC1NC(=O)c1ccccc1.O. The molecule has 0 aliphatic carbocycles. The van der Waals surface area contributed by atoms with E-state index in [1.807, 2.05) is 70.5 Å². The fourth-order valence-corrected chi connectivity index (χ4v) is 8.01. The van der Waals surface area contributed by atoms with E-state index in [0.29, 0.717) is 35.8 Å². The van der Waals surface area contributed by atoms with Crippen molar-refractivity contribution < 1.29 is 34.1 Å². The van der Waals surface area contributed by atoms with E-state index in [4.69, 9.17) is 9.47 Å². The third-order valence-corrected chi connectivity index (χ3v) is 11.2. The number of likely N-dealkylation sites (tertiary alicyclic amines) is 4. The minimum absolute atomic E-state index is 0. The minimum atomic E-state index is -0.0488. The Hall–Kier alpha value is -3.88. The van der Waals surface area contributed by atoms with Crippen LogP contribution in [0.15, 0.2) is 60.7 Å². The van der Waals surface area contributed by atoms with Gasteiger partial charge >= 0.3 is 0 Å². The van der Waals surface area contributed by atoms with Gasteiger partial charge in [-0.3, -0.25) is 19.2 Å². The highest BCUT2D eigenvalue weighted by atomic mass is 16.5. The Morgan fingerprint density at radius 1 is 0.582 bits per heavy atom. The molecule has 0 spiro atoms. The number of benzene rings is 2. The van der Waals surface area contributed by atoms with Crippen LogP contribution in [0.2, 0.25) is 0 Å². The molecule has 0 saturated carbocycles. The smallest absolute Gasteiger partial charge is 0.251 e. The zero-order valence-electron chi connectivity index (χ0n) is 33.0. The summed E-state index contributed by atoms with van der Waals surface area (Å²) < 4.78 is 11.3. The van der Waals surface area contributed by atoms with Crippen LogP contribution in [-0.2, 0) is 19.1 Å². The molecule has 4 aliphatic rings. The summed E-state index contributed by atoms with van der Waals surface area (Å²) in [6.07, 6.45) is 9.25. The Kier molecular flexibility index (Phi) is 18.5. The van der Waals surface area contributed by atoms with Gasteiger partial charge in [-0.15, -0.1) is 0 Å². The second-order valence-corrected chi connectivity index (χ2v) is 15.0. The van der Waals surface area contributed by atoms with Crippen molar-refractivity contribution >= 4 is 23.6 Å². The Balaban J connectivity index is 0.000000240. The average molecular weight is 765 g/mol. The number of amides is 4. The first kappa shape index (κ1) is 43.8. The monoisotopic (exact) mass is 764 g/mol. The van der Waals surface area contributed by atoms with Crippen LogP contribution in [0, 0.1) is 0 Å². The summed E-state index contributed by atoms with van der Waals surface area (Å²) in [5, 5.41) is 6.23. The number of nitrogens with zero attached hydrogens (tertiary/aromatic N) is 4. The standard InChI is InChI=1S/2C21H31N3O3.H2O/c2*1-27-19-16-23(12-7-10-20(25)24-13-5-6-14-24)15-11-18(19)22-21(26)17-8-3-2-4-9-17;/h2*2-4,8-9,18-19H,5-7,10-16H2,1H3,(H,22,26);1H2. The maximum atomic E-state index is 12.4. The van der Waals surface area contributed by atoms with Crippen LogP contribution in [0.5, 0.6) is 0 Å². The summed E-state index contributed by atoms with van der Waals surface area (Å²) in [4.78, 5) is 57.8. The van der Waals surface area contributed by atoms with Crippen LogP contribution in [0.4, 0.5) is 0 Å². The van der Waals surface area contributed by atoms with Crippen molar-refractivity contribution in [2.45, 2.75) is 88.5 Å². The molecule has 4 atom stereocenters. The topological polar surface area (TPSA) is 155 Å². The van der Waals surface area contributed by atoms with Gasteiger partial charge in [0.1, 0.15) is 0 Å². The van der Waals surface area contributed by atoms with Crippen LogP contribution in [0.3, 0.4) is 0 Å². The molecule has 55 heavy (non-hydrogen) atoms. The van der Waals surface area contributed by atoms with E-state index < -0.39 is 0 Å². The van der Waals surface area contributed by atoms with Crippen molar-refractivity contribution in [1.82, 2.24) is 30.2 Å². The zero-order valence-corrected chi connectivity index (χ0v) is 33.0. The molecule has 6 rings (SSSR count). The molecule has 0 bridgehead atoms. The van der Waals surface area contributed by atoms with Crippen molar-refractivity contribution in [2.75, 3.05) is 79.7 Å². The number of hydrogen-bond donors (Lipinski definition) is 2. The van der Waals surface area contributed by atoms with Crippen LogP contribution in [0.25, 0.3) is 0 Å².